The van der Waals surface area contributed by atoms with Crippen molar-refractivity contribution in [3.05, 3.63) is 143 Å². The van der Waals surface area contributed by atoms with E-state index in [0.717, 1.165) is 86.2 Å². The molecule has 0 aliphatic carbocycles. The highest BCUT2D eigenvalue weighted by molar-refractivity contribution is 7.15. The van der Waals surface area contributed by atoms with E-state index < -0.39 is 6.04 Å². The van der Waals surface area contributed by atoms with Gasteiger partial charge in [0.1, 0.15) is 29.2 Å². The van der Waals surface area contributed by atoms with Crippen LogP contribution in [-0.2, 0) is 16.1 Å². The summed E-state index contributed by atoms with van der Waals surface area (Å²) < 4.78 is 13.8. The van der Waals surface area contributed by atoms with Gasteiger partial charge in [-0.2, -0.15) is 0 Å². The molecule has 15 heteroatoms. The summed E-state index contributed by atoms with van der Waals surface area (Å²) in [6, 6.07) is 21.1. The van der Waals surface area contributed by atoms with Gasteiger partial charge in [0, 0.05) is 75.9 Å². The number of hydrogen-bond donors (Lipinski definition) is 3. The third-order valence-electron chi connectivity index (χ3n) is 12.4. The number of thiophene rings is 1. The molecule has 13 nitrogen and oxygen atoms in total. The Morgan fingerprint density at radius 1 is 0.923 bits per heavy atom. The lowest BCUT2D eigenvalue weighted by Crippen LogP contribution is -2.40. The van der Waals surface area contributed by atoms with E-state index in [1.165, 1.54) is 4.88 Å². The van der Waals surface area contributed by atoms with Crippen LogP contribution in [0.5, 0.6) is 5.75 Å². The quantitative estimate of drug-likeness (QED) is 0.0919. The van der Waals surface area contributed by atoms with E-state index >= 15 is 0 Å². The number of aromatic amines is 1. The Labute approximate surface area is 388 Å². The Hall–Kier alpha value is -6.09. The second-order valence-electron chi connectivity index (χ2n) is 16.8. The average Bonchev–Trinajstić information content (AvgIpc) is 3.77. The van der Waals surface area contributed by atoms with E-state index in [9.17, 15) is 14.4 Å². The Morgan fingerprint density at radius 3 is 2.35 bits per heavy atom. The van der Waals surface area contributed by atoms with Crippen LogP contribution in [0, 0.1) is 41.5 Å². The molecule has 3 aromatic heterocycles. The Bertz CT molecular complexity index is 2820. The summed E-state index contributed by atoms with van der Waals surface area (Å²) in [6.45, 7) is 16.8. The lowest BCUT2D eigenvalue weighted by molar-refractivity contribution is -0.121. The van der Waals surface area contributed by atoms with E-state index in [2.05, 4.69) is 57.6 Å². The fraction of sp³-hybridized carbons (Fsp3) is 0.360. The molecule has 0 bridgehead atoms. The fourth-order valence-electron chi connectivity index (χ4n) is 8.87. The van der Waals surface area contributed by atoms with Crippen LogP contribution >= 0.6 is 22.9 Å². The molecule has 3 N–H and O–H groups in total. The highest BCUT2D eigenvalue weighted by Crippen LogP contribution is 2.40. The standard InChI is InChI=1S/C50H55ClN8O5S/c1-8-58(38-17-20-63-21-18-38)43-25-36(24-40(31(43)5)48(61)53-27-41-28(2)23-29(3)54-49(41)62)34-11-15-39(16-12-34)64-22-19-52-44(60)26-42-47-57-56-33(7)59(47)50-45(30(4)32(6)65-50)46(55-42)35-9-13-37(51)14-10-35/h9-16,23-25,38,42H,8,17-22,26-27H2,1-7H3,(H,52,60)(H,53,61)(H,54,62)/t42-/m0/s1. The lowest BCUT2D eigenvalue weighted by Gasteiger charge is -2.37. The molecule has 0 radical (unpaired) electrons. The highest BCUT2D eigenvalue weighted by atomic mass is 35.5. The number of nitrogens with one attached hydrogen (secondary N) is 3. The molecule has 5 heterocycles. The molecule has 8 rings (SSSR count). The number of carbonyl (C=O) groups is 2. The molecular weight excluding hydrogens is 860 g/mol. The van der Waals surface area contributed by atoms with E-state index in [-0.39, 0.29) is 49.5 Å². The van der Waals surface area contributed by atoms with Gasteiger partial charge < -0.3 is 30.0 Å². The van der Waals surface area contributed by atoms with Crippen molar-refractivity contribution >= 4 is 46.2 Å². The number of H-pyrrole nitrogens is 1. The Balaban J connectivity index is 0.962. The monoisotopic (exact) mass is 914 g/mol. The number of nitrogens with zero attached hydrogens (tertiary/aromatic N) is 5. The highest BCUT2D eigenvalue weighted by Gasteiger charge is 2.33. The molecule has 0 spiro atoms. The lowest BCUT2D eigenvalue weighted by atomic mass is 9.95. The Kier molecular flexibility index (Phi) is 13.7. The van der Waals surface area contributed by atoms with Gasteiger partial charge in [-0.15, -0.1) is 21.5 Å². The number of benzene rings is 3. The number of ether oxygens (including phenoxy) is 2. The maximum Gasteiger partial charge on any atom is 0.253 e. The first-order valence-electron chi connectivity index (χ1n) is 22.1. The van der Waals surface area contributed by atoms with Crippen LogP contribution in [0.1, 0.15) is 98.2 Å². The van der Waals surface area contributed by atoms with Crippen molar-refractivity contribution in [3.63, 3.8) is 0 Å². The largest absolute Gasteiger partial charge is 0.492 e. The van der Waals surface area contributed by atoms with Gasteiger partial charge in [-0.05, 0) is 132 Å². The summed E-state index contributed by atoms with van der Waals surface area (Å²) in [5, 5.41) is 16.6. The minimum Gasteiger partial charge on any atom is -0.492 e. The van der Waals surface area contributed by atoms with Crippen LogP contribution in [0.2, 0.25) is 5.02 Å². The van der Waals surface area contributed by atoms with Gasteiger partial charge in [-0.25, -0.2) is 0 Å². The van der Waals surface area contributed by atoms with Gasteiger partial charge in [-0.1, -0.05) is 35.9 Å². The number of aromatic nitrogens is 4. The summed E-state index contributed by atoms with van der Waals surface area (Å²) in [5.41, 5.74) is 10.0. The summed E-state index contributed by atoms with van der Waals surface area (Å²) in [6.07, 6.45) is 1.88. The van der Waals surface area contributed by atoms with Gasteiger partial charge in [0.2, 0.25) is 5.91 Å². The summed E-state index contributed by atoms with van der Waals surface area (Å²) in [4.78, 5) is 51.9. The van der Waals surface area contributed by atoms with Crippen LogP contribution in [0.4, 0.5) is 5.69 Å². The number of carbonyl (C=O) groups excluding carboxylic acids is 2. The van der Waals surface area contributed by atoms with Crippen LogP contribution in [0.15, 0.2) is 76.5 Å². The van der Waals surface area contributed by atoms with E-state index in [1.54, 1.807) is 11.3 Å². The van der Waals surface area contributed by atoms with Gasteiger partial charge in [0.05, 0.1) is 18.7 Å². The number of anilines is 1. The molecule has 1 saturated heterocycles. The second-order valence-corrected chi connectivity index (χ2v) is 18.4. The van der Waals surface area contributed by atoms with Crippen molar-refractivity contribution in [1.29, 1.82) is 0 Å². The molecule has 6 aromatic rings. The zero-order valence-corrected chi connectivity index (χ0v) is 39.5. The zero-order valence-electron chi connectivity index (χ0n) is 37.9. The smallest absolute Gasteiger partial charge is 0.253 e. The van der Waals surface area contributed by atoms with Gasteiger partial charge in [0.25, 0.3) is 11.5 Å². The minimum atomic E-state index is -0.577. The van der Waals surface area contributed by atoms with Crippen molar-refractivity contribution < 1.29 is 19.1 Å². The first kappa shape index (κ1) is 45.5. The molecule has 0 unspecified atom stereocenters. The maximum absolute atomic E-state index is 14.0. The number of aliphatic imine (C=N–C) groups is 1. The van der Waals surface area contributed by atoms with Crippen molar-refractivity contribution in [2.45, 2.75) is 86.4 Å². The predicted molar refractivity (Wildman–Crippen MR) is 258 cm³/mol. The number of hydrogen-bond acceptors (Lipinski definition) is 10. The van der Waals surface area contributed by atoms with E-state index in [1.807, 2.05) is 92.9 Å². The normalized spacial score (nSPS) is 14.8. The SMILES string of the molecule is CCN(c1cc(-c2ccc(OCCNC(=O)C[C@@H]3N=C(c4ccc(Cl)cc4)c4c(sc(C)c4C)-n4c(C)nnc43)cc2)cc(C(=O)NCc2c(C)cc(C)[nH]c2=O)c1C)C1CCOCC1. The predicted octanol–water partition coefficient (Wildman–Crippen LogP) is 8.60. The zero-order chi connectivity index (χ0) is 45.9. The third-order valence-corrected chi connectivity index (χ3v) is 13.9. The van der Waals surface area contributed by atoms with E-state index in [0.29, 0.717) is 40.9 Å². The first-order valence-corrected chi connectivity index (χ1v) is 23.3. The third kappa shape index (κ3) is 9.66. The molecule has 338 valence electrons. The number of halogens is 1. The van der Waals surface area contributed by atoms with Crippen LogP contribution in [0.25, 0.3) is 16.1 Å². The fourth-order valence-corrected chi connectivity index (χ4v) is 10.2. The van der Waals surface area contributed by atoms with Gasteiger partial charge in [-0.3, -0.25) is 23.9 Å². The van der Waals surface area contributed by atoms with Crippen LogP contribution in [-0.4, -0.2) is 76.2 Å². The van der Waals surface area contributed by atoms with Crippen LogP contribution < -0.4 is 25.8 Å². The number of pyridine rings is 1. The number of amides is 2. The van der Waals surface area contributed by atoms with Gasteiger partial charge in [0.15, 0.2) is 5.82 Å². The summed E-state index contributed by atoms with van der Waals surface area (Å²) in [5.74, 6) is 1.56. The maximum atomic E-state index is 14.0. The summed E-state index contributed by atoms with van der Waals surface area (Å²) in [7, 11) is 0. The van der Waals surface area contributed by atoms with Crippen LogP contribution in [0.3, 0.4) is 0 Å². The molecule has 65 heavy (non-hydrogen) atoms. The molecule has 2 aliphatic heterocycles. The average molecular weight is 916 g/mol. The Morgan fingerprint density at radius 2 is 1.65 bits per heavy atom. The topological polar surface area (TPSA) is 156 Å². The molecule has 2 aliphatic rings. The molecule has 3 aromatic carbocycles. The molecular formula is C50H55ClN8O5S. The van der Waals surface area contributed by atoms with Crippen molar-refractivity contribution in [2.75, 3.05) is 37.8 Å². The number of fused-ring (bicyclic) bond motifs is 3. The molecule has 2 amide bonds. The van der Waals surface area contributed by atoms with Crippen molar-refractivity contribution in [1.82, 2.24) is 30.4 Å². The molecule has 0 saturated carbocycles. The summed E-state index contributed by atoms with van der Waals surface area (Å²) >= 11 is 7.94. The van der Waals surface area contributed by atoms with Gasteiger partial charge >= 0.3 is 0 Å². The number of aryl methyl sites for hydroxylation is 4. The first-order chi connectivity index (χ1) is 31.3. The van der Waals surface area contributed by atoms with Crippen molar-refractivity contribution in [2.24, 2.45) is 4.99 Å². The van der Waals surface area contributed by atoms with E-state index in [4.69, 9.17) is 26.1 Å². The minimum absolute atomic E-state index is 0.0727. The van der Waals surface area contributed by atoms with Crippen molar-refractivity contribution in [3.8, 4) is 21.9 Å². The molecule has 1 atom stereocenters. The molecule has 1 fully saturated rings. The second kappa shape index (κ2) is 19.6. The number of rotatable bonds is 14.